The van der Waals surface area contributed by atoms with Crippen molar-refractivity contribution in [2.24, 2.45) is 0 Å². The number of aryl methyl sites for hydroxylation is 1. The van der Waals surface area contributed by atoms with Crippen LogP contribution in [0.25, 0.3) is 6.08 Å². The van der Waals surface area contributed by atoms with Gasteiger partial charge in [-0.1, -0.05) is 18.2 Å². The molecule has 0 saturated heterocycles. The van der Waals surface area contributed by atoms with Crippen molar-refractivity contribution in [3.05, 3.63) is 82.9 Å². The Morgan fingerprint density at radius 2 is 1.68 bits per heavy atom. The van der Waals surface area contributed by atoms with E-state index in [0.717, 1.165) is 30.9 Å². The van der Waals surface area contributed by atoms with Gasteiger partial charge in [-0.2, -0.15) is 0 Å². The summed E-state index contributed by atoms with van der Waals surface area (Å²) >= 11 is 0. The minimum absolute atomic E-state index is 0.0644. The lowest BCUT2D eigenvalue weighted by Gasteiger charge is -2.13. The van der Waals surface area contributed by atoms with E-state index in [9.17, 15) is 27.9 Å². The van der Waals surface area contributed by atoms with Crippen LogP contribution < -0.4 is 25.7 Å². The molecular weight excluding hydrogens is 493 g/mol. The Hall–Kier alpha value is -4.67. The van der Waals surface area contributed by atoms with E-state index in [0.29, 0.717) is 23.4 Å². The van der Waals surface area contributed by atoms with Gasteiger partial charge in [0.15, 0.2) is 11.5 Å². The molecule has 37 heavy (non-hydrogen) atoms. The Kier molecular flexibility index (Phi) is 8.28. The van der Waals surface area contributed by atoms with Crippen LogP contribution in [0.15, 0.2) is 66.2 Å². The average molecular weight is 516 g/mol. The summed E-state index contributed by atoms with van der Waals surface area (Å²) in [5.74, 6) is -2.68. The summed E-state index contributed by atoms with van der Waals surface area (Å²) in [5, 5.41) is 9.58. The van der Waals surface area contributed by atoms with Gasteiger partial charge in [-0.15, -0.1) is 13.2 Å². The minimum atomic E-state index is -4.92. The minimum Gasteiger partial charge on any atom is -0.493 e. The van der Waals surface area contributed by atoms with Crippen LogP contribution in [0.5, 0.6) is 17.2 Å². The van der Waals surface area contributed by atoms with Gasteiger partial charge in [0.2, 0.25) is 0 Å². The van der Waals surface area contributed by atoms with Crippen molar-refractivity contribution >= 4 is 29.4 Å². The summed E-state index contributed by atoms with van der Waals surface area (Å²) in [6, 6.07) is 14.2. The van der Waals surface area contributed by atoms with E-state index >= 15 is 0 Å². The van der Waals surface area contributed by atoms with E-state index in [4.69, 9.17) is 20.9 Å². The highest BCUT2D eigenvalue weighted by Gasteiger charge is 2.32. The predicted molar refractivity (Wildman–Crippen MR) is 130 cm³/mol. The lowest BCUT2D eigenvalue weighted by molar-refractivity contribution is -0.275. The number of carboxylic acid groups (broad SMARTS) is 1. The number of rotatable bonds is 9. The molecule has 0 heterocycles. The van der Waals surface area contributed by atoms with Gasteiger partial charge in [0.05, 0.1) is 12.7 Å². The largest absolute Gasteiger partial charge is 0.573 e. The molecule has 0 fully saturated rings. The number of ether oxygens (including phenoxy) is 3. The lowest BCUT2D eigenvalue weighted by atomic mass is 10.0. The SMILES string of the molecule is COc1cc(C(=O)Oc2ccc(C=C(CCc3ccc(N)cc3N)C(=O)O)cc2)ccc1OC(F)(F)F. The summed E-state index contributed by atoms with van der Waals surface area (Å²) in [6.07, 6.45) is -2.81. The molecule has 0 spiro atoms. The Balaban J connectivity index is 1.69. The fourth-order valence-corrected chi connectivity index (χ4v) is 3.35. The second-order valence-corrected chi connectivity index (χ2v) is 7.80. The zero-order valence-electron chi connectivity index (χ0n) is 19.5. The first-order valence-electron chi connectivity index (χ1n) is 10.8. The average Bonchev–Trinajstić information content (AvgIpc) is 2.82. The van der Waals surface area contributed by atoms with Crippen molar-refractivity contribution in [2.75, 3.05) is 18.6 Å². The second-order valence-electron chi connectivity index (χ2n) is 7.80. The van der Waals surface area contributed by atoms with E-state index in [2.05, 4.69) is 4.74 Å². The van der Waals surface area contributed by atoms with Crippen LogP contribution in [-0.4, -0.2) is 30.5 Å². The third-order valence-corrected chi connectivity index (χ3v) is 5.16. The maximum atomic E-state index is 12.5. The lowest BCUT2D eigenvalue weighted by Crippen LogP contribution is -2.18. The molecule has 0 unspecified atom stereocenters. The first-order valence-corrected chi connectivity index (χ1v) is 10.8. The Morgan fingerprint density at radius 1 is 0.973 bits per heavy atom. The van der Waals surface area contributed by atoms with E-state index in [-0.39, 0.29) is 29.1 Å². The molecule has 0 saturated carbocycles. The monoisotopic (exact) mass is 516 g/mol. The molecule has 3 aromatic rings. The van der Waals surface area contributed by atoms with Crippen LogP contribution >= 0.6 is 0 Å². The van der Waals surface area contributed by atoms with Crippen LogP contribution in [0.1, 0.15) is 27.9 Å². The molecule has 0 bridgehead atoms. The molecule has 3 aromatic carbocycles. The standard InChI is InChI=1S/C26H23F3N2O6/c1-35-23-13-18(7-11-22(23)37-26(27,28)29)25(34)36-20-9-2-15(3-10-20)12-17(24(32)33)5-4-16-6-8-19(30)14-21(16)31/h2-3,6-14H,4-5,30-31H2,1H3,(H,32,33). The fraction of sp³-hybridized carbons (Fsp3) is 0.154. The molecule has 0 amide bonds. The Labute approximate surface area is 209 Å². The highest BCUT2D eigenvalue weighted by molar-refractivity contribution is 5.93. The van der Waals surface area contributed by atoms with Crippen molar-refractivity contribution in [2.45, 2.75) is 19.2 Å². The first kappa shape index (κ1) is 26.9. The van der Waals surface area contributed by atoms with Crippen LogP contribution in [-0.2, 0) is 11.2 Å². The molecule has 0 aliphatic rings. The molecule has 5 N–H and O–H groups in total. The van der Waals surface area contributed by atoms with Gasteiger partial charge >= 0.3 is 18.3 Å². The molecule has 0 radical (unpaired) electrons. The molecule has 11 heteroatoms. The maximum Gasteiger partial charge on any atom is 0.573 e. The highest BCUT2D eigenvalue weighted by atomic mass is 19.4. The van der Waals surface area contributed by atoms with Gasteiger partial charge in [-0.3, -0.25) is 0 Å². The van der Waals surface area contributed by atoms with Crippen LogP contribution in [0.3, 0.4) is 0 Å². The number of anilines is 2. The van der Waals surface area contributed by atoms with Crippen molar-refractivity contribution in [1.29, 1.82) is 0 Å². The van der Waals surface area contributed by atoms with E-state index in [1.54, 1.807) is 30.3 Å². The number of halogens is 3. The molecule has 8 nitrogen and oxygen atoms in total. The van der Waals surface area contributed by atoms with Crippen LogP contribution in [0, 0.1) is 0 Å². The highest BCUT2D eigenvalue weighted by Crippen LogP contribution is 2.33. The molecule has 194 valence electrons. The number of alkyl halides is 3. The predicted octanol–water partition coefficient (Wildman–Crippen LogP) is 5.08. The summed E-state index contributed by atoms with van der Waals surface area (Å²) in [5.41, 5.74) is 14.0. The third kappa shape index (κ3) is 7.66. The summed E-state index contributed by atoms with van der Waals surface area (Å²) in [7, 11) is 1.13. The number of hydrogen-bond donors (Lipinski definition) is 3. The number of benzene rings is 3. The number of carbonyl (C=O) groups excluding carboxylic acids is 1. The number of carbonyl (C=O) groups is 2. The number of esters is 1. The zero-order chi connectivity index (χ0) is 27.2. The van der Waals surface area contributed by atoms with Gasteiger partial charge < -0.3 is 30.8 Å². The topological polar surface area (TPSA) is 134 Å². The third-order valence-electron chi connectivity index (χ3n) is 5.16. The normalized spacial score (nSPS) is 11.6. The van der Waals surface area contributed by atoms with E-state index in [1.807, 2.05) is 0 Å². The summed E-state index contributed by atoms with van der Waals surface area (Å²) in [4.78, 5) is 24.2. The van der Waals surface area contributed by atoms with Crippen molar-refractivity contribution in [1.82, 2.24) is 0 Å². The molecule has 0 aliphatic heterocycles. The molecule has 0 aromatic heterocycles. The zero-order valence-corrected chi connectivity index (χ0v) is 19.5. The molecular formula is C26H23F3N2O6. The quantitative estimate of drug-likeness (QED) is 0.155. The van der Waals surface area contributed by atoms with Crippen molar-refractivity contribution < 1.29 is 42.1 Å². The second kappa shape index (κ2) is 11.4. The number of methoxy groups -OCH3 is 1. The fourth-order valence-electron chi connectivity index (χ4n) is 3.35. The number of aliphatic carboxylic acids is 1. The Morgan fingerprint density at radius 3 is 2.27 bits per heavy atom. The molecule has 3 rings (SSSR count). The van der Waals surface area contributed by atoms with Crippen molar-refractivity contribution in [3.63, 3.8) is 0 Å². The number of nitrogens with two attached hydrogens (primary N) is 2. The van der Waals surface area contributed by atoms with Crippen LogP contribution in [0.2, 0.25) is 0 Å². The maximum absolute atomic E-state index is 12.5. The summed E-state index contributed by atoms with van der Waals surface area (Å²) in [6.45, 7) is 0. The molecule has 0 aliphatic carbocycles. The number of carboxylic acids is 1. The van der Waals surface area contributed by atoms with Gasteiger partial charge in [-0.05, 0) is 72.5 Å². The summed E-state index contributed by atoms with van der Waals surface area (Å²) < 4.78 is 51.5. The first-order chi connectivity index (χ1) is 17.4. The smallest absolute Gasteiger partial charge is 0.493 e. The van der Waals surface area contributed by atoms with Gasteiger partial charge in [0, 0.05) is 16.9 Å². The number of hydrogen-bond acceptors (Lipinski definition) is 7. The van der Waals surface area contributed by atoms with Crippen LogP contribution in [0.4, 0.5) is 24.5 Å². The van der Waals surface area contributed by atoms with Crippen molar-refractivity contribution in [3.8, 4) is 17.2 Å². The van der Waals surface area contributed by atoms with Gasteiger partial charge in [0.25, 0.3) is 0 Å². The molecule has 0 atom stereocenters. The van der Waals surface area contributed by atoms with Gasteiger partial charge in [-0.25, -0.2) is 9.59 Å². The van der Waals surface area contributed by atoms with E-state index < -0.39 is 24.1 Å². The van der Waals surface area contributed by atoms with Gasteiger partial charge in [0.1, 0.15) is 5.75 Å². The number of nitrogen functional groups attached to an aromatic ring is 2. The van der Waals surface area contributed by atoms with E-state index in [1.165, 1.54) is 18.2 Å². The Bertz CT molecular complexity index is 1320.